The number of hydrogen-bond donors (Lipinski definition) is 1. The highest BCUT2D eigenvalue weighted by molar-refractivity contribution is 5.74. The summed E-state index contributed by atoms with van der Waals surface area (Å²) in [5.74, 6) is 1.64. The summed E-state index contributed by atoms with van der Waals surface area (Å²) < 4.78 is 5.09. The van der Waals surface area contributed by atoms with Crippen LogP contribution in [-0.4, -0.2) is 47.3 Å². The number of anilines is 1. The lowest BCUT2D eigenvalue weighted by Crippen LogP contribution is -2.51. The van der Waals surface area contributed by atoms with Crippen molar-refractivity contribution >= 4 is 11.8 Å². The summed E-state index contributed by atoms with van der Waals surface area (Å²) in [5.41, 5.74) is 1.04. The molecule has 0 bridgehead atoms. The molecule has 0 aromatic carbocycles. The van der Waals surface area contributed by atoms with Gasteiger partial charge in [0.25, 0.3) is 0 Å². The molecule has 0 saturated carbocycles. The average Bonchev–Trinajstić information content (AvgIpc) is 3.00. The van der Waals surface area contributed by atoms with Gasteiger partial charge in [-0.3, -0.25) is 4.98 Å². The van der Waals surface area contributed by atoms with Crippen molar-refractivity contribution in [2.75, 3.05) is 31.1 Å². The molecule has 1 aliphatic rings. The largest absolute Gasteiger partial charge is 0.360 e. The lowest BCUT2D eigenvalue weighted by molar-refractivity contribution is 0.193. The van der Waals surface area contributed by atoms with Crippen LogP contribution in [-0.2, 0) is 6.54 Å². The zero-order chi connectivity index (χ0) is 15.4. The number of carbonyl (C=O) groups is 1. The van der Waals surface area contributed by atoms with Crippen molar-refractivity contribution in [2.45, 2.75) is 13.5 Å². The van der Waals surface area contributed by atoms with E-state index in [1.807, 2.05) is 30.0 Å². The van der Waals surface area contributed by atoms with E-state index in [1.165, 1.54) is 0 Å². The lowest BCUT2D eigenvalue weighted by Gasteiger charge is -2.34. The van der Waals surface area contributed by atoms with E-state index in [0.29, 0.717) is 19.6 Å². The molecule has 0 radical (unpaired) electrons. The van der Waals surface area contributed by atoms with Gasteiger partial charge in [-0.15, -0.1) is 0 Å². The van der Waals surface area contributed by atoms with Crippen molar-refractivity contribution in [1.82, 2.24) is 20.4 Å². The molecule has 116 valence electrons. The van der Waals surface area contributed by atoms with Gasteiger partial charge in [0.15, 0.2) is 5.82 Å². The first-order valence-electron chi connectivity index (χ1n) is 7.32. The Hall–Kier alpha value is -2.57. The number of nitrogens with one attached hydrogen (secondary N) is 1. The second-order valence-electron chi connectivity index (χ2n) is 5.28. The normalized spacial score (nSPS) is 15.0. The first-order chi connectivity index (χ1) is 10.7. The maximum atomic E-state index is 12.2. The number of urea groups is 1. The van der Waals surface area contributed by atoms with Crippen molar-refractivity contribution in [2.24, 2.45) is 0 Å². The highest BCUT2D eigenvalue weighted by atomic mass is 16.5. The molecule has 0 spiro atoms. The molecule has 1 N–H and O–H groups in total. The Morgan fingerprint density at radius 3 is 2.64 bits per heavy atom. The molecule has 2 amide bonds. The topological polar surface area (TPSA) is 74.5 Å². The summed E-state index contributed by atoms with van der Waals surface area (Å²) in [6.45, 7) is 5.26. The zero-order valence-corrected chi connectivity index (χ0v) is 12.5. The van der Waals surface area contributed by atoms with Crippen LogP contribution in [0.2, 0.25) is 0 Å². The highest BCUT2D eigenvalue weighted by Crippen LogP contribution is 2.15. The van der Waals surface area contributed by atoms with Crippen molar-refractivity contribution < 1.29 is 9.32 Å². The second kappa shape index (κ2) is 6.46. The Morgan fingerprint density at radius 2 is 2.00 bits per heavy atom. The third-order valence-corrected chi connectivity index (χ3v) is 3.70. The molecule has 0 unspecified atom stereocenters. The molecular weight excluding hydrogens is 282 g/mol. The lowest BCUT2D eigenvalue weighted by atomic mass is 10.3. The number of aryl methyl sites for hydroxylation is 1. The molecule has 2 aromatic heterocycles. The minimum Gasteiger partial charge on any atom is -0.360 e. The third kappa shape index (κ3) is 3.36. The van der Waals surface area contributed by atoms with Gasteiger partial charge in [0.1, 0.15) is 5.76 Å². The van der Waals surface area contributed by atoms with Gasteiger partial charge in [-0.05, 0) is 24.6 Å². The van der Waals surface area contributed by atoms with E-state index in [-0.39, 0.29) is 6.03 Å². The zero-order valence-electron chi connectivity index (χ0n) is 12.5. The first-order valence-corrected chi connectivity index (χ1v) is 7.32. The van der Waals surface area contributed by atoms with Gasteiger partial charge in [-0.1, -0.05) is 5.16 Å². The van der Waals surface area contributed by atoms with Gasteiger partial charge >= 0.3 is 6.03 Å². The predicted octanol–water partition coefficient (Wildman–Crippen LogP) is 1.41. The number of aromatic nitrogens is 2. The third-order valence-electron chi connectivity index (χ3n) is 3.70. The summed E-state index contributed by atoms with van der Waals surface area (Å²) in [6.07, 6.45) is 3.44. The van der Waals surface area contributed by atoms with Crippen molar-refractivity contribution in [3.05, 3.63) is 41.9 Å². The molecule has 2 aromatic rings. The van der Waals surface area contributed by atoms with Crippen LogP contribution in [0.5, 0.6) is 0 Å². The number of hydrogen-bond acceptors (Lipinski definition) is 5. The van der Waals surface area contributed by atoms with Gasteiger partial charge < -0.3 is 19.6 Å². The predicted molar refractivity (Wildman–Crippen MR) is 81.5 cm³/mol. The molecule has 1 aliphatic heterocycles. The summed E-state index contributed by atoms with van der Waals surface area (Å²) in [7, 11) is 0. The van der Waals surface area contributed by atoms with Crippen molar-refractivity contribution in [3.63, 3.8) is 0 Å². The van der Waals surface area contributed by atoms with E-state index in [2.05, 4.69) is 20.4 Å². The standard InChI is InChI=1S/C15H19N5O2/c1-12-10-14(18-22-12)19-6-8-20(9-7-19)15(21)17-11-13-2-4-16-5-3-13/h2-5,10H,6-9,11H2,1H3,(H,17,21). The van der Waals surface area contributed by atoms with Crippen LogP contribution in [0, 0.1) is 6.92 Å². The Bertz CT molecular complexity index is 620. The molecule has 22 heavy (non-hydrogen) atoms. The number of carbonyl (C=O) groups excluding carboxylic acids is 1. The first kappa shape index (κ1) is 14.4. The van der Waals surface area contributed by atoms with Crippen molar-refractivity contribution in [1.29, 1.82) is 0 Å². The number of rotatable bonds is 3. The molecule has 7 heteroatoms. The molecule has 3 heterocycles. The van der Waals surface area contributed by atoms with Crippen LogP contribution < -0.4 is 10.2 Å². The molecule has 1 saturated heterocycles. The number of nitrogens with zero attached hydrogens (tertiary/aromatic N) is 4. The van der Waals surface area contributed by atoms with E-state index in [9.17, 15) is 4.79 Å². The SMILES string of the molecule is Cc1cc(N2CCN(C(=O)NCc3ccncc3)CC2)no1. The van der Waals surface area contributed by atoms with Gasteiger partial charge in [-0.25, -0.2) is 4.79 Å². The van der Waals surface area contributed by atoms with Gasteiger partial charge in [0, 0.05) is 51.2 Å². The molecular formula is C15H19N5O2. The fraction of sp³-hybridized carbons (Fsp3) is 0.400. The van der Waals surface area contributed by atoms with Crippen LogP contribution in [0.1, 0.15) is 11.3 Å². The summed E-state index contributed by atoms with van der Waals surface area (Å²) in [5, 5.41) is 6.95. The molecule has 7 nitrogen and oxygen atoms in total. The minimum absolute atomic E-state index is 0.0344. The second-order valence-corrected chi connectivity index (χ2v) is 5.28. The van der Waals surface area contributed by atoms with Crippen LogP contribution in [0.3, 0.4) is 0 Å². The molecule has 0 atom stereocenters. The van der Waals surface area contributed by atoms with Gasteiger partial charge in [0.2, 0.25) is 0 Å². The van der Waals surface area contributed by atoms with E-state index >= 15 is 0 Å². The van der Waals surface area contributed by atoms with E-state index < -0.39 is 0 Å². The smallest absolute Gasteiger partial charge is 0.317 e. The fourth-order valence-electron chi connectivity index (χ4n) is 2.43. The molecule has 0 aliphatic carbocycles. The van der Waals surface area contributed by atoms with Crippen LogP contribution >= 0.6 is 0 Å². The Balaban J connectivity index is 1.47. The number of amides is 2. The average molecular weight is 301 g/mol. The number of piperazine rings is 1. The van der Waals surface area contributed by atoms with Crippen LogP contribution in [0.25, 0.3) is 0 Å². The Labute approximate surface area is 128 Å². The monoisotopic (exact) mass is 301 g/mol. The Morgan fingerprint density at radius 1 is 1.27 bits per heavy atom. The maximum Gasteiger partial charge on any atom is 0.317 e. The highest BCUT2D eigenvalue weighted by Gasteiger charge is 2.22. The summed E-state index contributed by atoms with van der Waals surface area (Å²) >= 11 is 0. The number of pyridine rings is 1. The van der Waals surface area contributed by atoms with Crippen LogP contribution in [0.15, 0.2) is 35.1 Å². The van der Waals surface area contributed by atoms with Gasteiger partial charge in [0.05, 0.1) is 0 Å². The van der Waals surface area contributed by atoms with E-state index in [4.69, 9.17) is 4.52 Å². The minimum atomic E-state index is -0.0344. The fourth-order valence-corrected chi connectivity index (χ4v) is 2.43. The molecule has 3 rings (SSSR count). The van der Waals surface area contributed by atoms with E-state index in [1.54, 1.807) is 12.4 Å². The summed E-state index contributed by atoms with van der Waals surface area (Å²) in [4.78, 5) is 20.1. The van der Waals surface area contributed by atoms with E-state index in [0.717, 1.165) is 30.2 Å². The summed E-state index contributed by atoms with van der Waals surface area (Å²) in [6, 6.07) is 5.67. The van der Waals surface area contributed by atoms with Crippen LogP contribution in [0.4, 0.5) is 10.6 Å². The Kier molecular flexibility index (Phi) is 4.22. The van der Waals surface area contributed by atoms with Gasteiger partial charge in [-0.2, -0.15) is 0 Å². The maximum absolute atomic E-state index is 12.2. The molecule has 1 fully saturated rings. The quantitative estimate of drug-likeness (QED) is 0.928. The van der Waals surface area contributed by atoms with Crippen molar-refractivity contribution in [3.8, 4) is 0 Å².